The van der Waals surface area contributed by atoms with Gasteiger partial charge in [0.15, 0.2) is 0 Å². The lowest BCUT2D eigenvalue weighted by Gasteiger charge is -2.01. The van der Waals surface area contributed by atoms with Gasteiger partial charge in [0.05, 0.1) is 10.5 Å². The van der Waals surface area contributed by atoms with Gasteiger partial charge in [-0.1, -0.05) is 23.8 Å². The molecule has 0 aromatic carbocycles. The normalized spacial score (nSPS) is 11.2. The Morgan fingerprint density at radius 1 is 1.31 bits per heavy atom. The molecule has 86 valence electrons. The molecule has 0 spiro atoms. The minimum absolute atomic E-state index is 1.14. The van der Waals surface area contributed by atoms with Crippen LogP contribution in [0.2, 0.25) is 0 Å². The van der Waals surface area contributed by atoms with Gasteiger partial charge >= 0.3 is 0 Å². The summed E-state index contributed by atoms with van der Waals surface area (Å²) < 4.78 is 2.30. The number of nitrogens with zero attached hydrogens (tertiary/aromatic N) is 1. The third-order valence-corrected chi connectivity index (χ3v) is 5.90. The van der Waals surface area contributed by atoms with Crippen molar-refractivity contribution in [1.29, 1.82) is 0 Å². The summed E-state index contributed by atoms with van der Waals surface area (Å²) in [4.78, 5) is 1.40. The van der Waals surface area contributed by atoms with Crippen LogP contribution in [0.3, 0.4) is 0 Å². The highest BCUT2D eigenvalue weighted by molar-refractivity contribution is 8.76. The van der Waals surface area contributed by atoms with Crippen molar-refractivity contribution >= 4 is 38.9 Å². The quantitative estimate of drug-likeness (QED) is 0.584. The molecule has 0 aliphatic carbocycles. The van der Waals surface area contributed by atoms with Crippen LogP contribution in [0.5, 0.6) is 0 Å². The molecule has 0 aliphatic rings. The van der Waals surface area contributed by atoms with Crippen LogP contribution in [-0.4, -0.2) is 16.4 Å². The fraction of sp³-hybridized carbons (Fsp3) is 0.333. The van der Waals surface area contributed by atoms with Gasteiger partial charge in [-0.05, 0) is 41.7 Å². The van der Waals surface area contributed by atoms with Crippen molar-refractivity contribution in [2.45, 2.75) is 23.8 Å². The maximum atomic E-state index is 2.30. The van der Waals surface area contributed by atoms with E-state index in [9.17, 15) is 0 Å². The molecular formula is C12H15NS3. The summed E-state index contributed by atoms with van der Waals surface area (Å²) in [5.41, 5.74) is 2.73. The Labute approximate surface area is 109 Å². The van der Waals surface area contributed by atoms with Crippen molar-refractivity contribution in [1.82, 2.24) is 4.40 Å². The molecule has 0 aliphatic heterocycles. The molecule has 16 heavy (non-hydrogen) atoms. The predicted octanol–water partition coefficient (Wildman–Crippen LogP) is 4.73. The molecule has 0 bridgehead atoms. The summed E-state index contributed by atoms with van der Waals surface area (Å²) in [5, 5.41) is 1.37. The van der Waals surface area contributed by atoms with Gasteiger partial charge in [0.25, 0.3) is 0 Å². The van der Waals surface area contributed by atoms with E-state index < -0.39 is 0 Å². The summed E-state index contributed by atoms with van der Waals surface area (Å²) in [7, 11) is 3.78. The van der Waals surface area contributed by atoms with Gasteiger partial charge in [0, 0.05) is 16.8 Å². The largest absolute Gasteiger partial charge is 0.310 e. The van der Waals surface area contributed by atoms with Gasteiger partial charge in [-0.2, -0.15) is 0 Å². The highest BCUT2D eigenvalue weighted by atomic mass is 33.1. The maximum absolute atomic E-state index is 2.30. The van der Waals surface area contributed by atoms with Gasteiger partial charge in [-0.25, -0.2) is 0 Å². The summed E-state index contributed by atoms with van der Waals surface area (Å²) in [6.45, 7) is 4.41. The van der Waals surface area contributed by atoms with E-state index in [1.54, 1.807) is 0 Å². The van der Waals surface area contributed by atoms with E-state index in [-0.39, 0.29) is 0 Å². The molecule has 0 fully saturated rings. The molecule has 4 heteroatoms. The SMILES string of the molecule is CCSSc1c(C)c(SC)c2ccccn12. The molecule has 2 aromatic rings. The molecule has 0 N–H and O–H groups in total. The second-order valence-corrected chi connectivity index (χ2v) is 6.80. The minimum atomic E-state index is 1.14. The number of fused-ring (bicyclic) bond motifs is 1. The lowest BCUT2D eigenvalue weighted by Crippen LogP contribution is -1.83. The fourth-order valence-corrected chi connectivity index (χ4v) is 4.59. The molecule has 0 amide bonds. The molecular weight excluding hydrogens is 254 g/mol. The van der Waals surface area contributed by atoms with Gasteiger partial charge < -0.3 is 4.40 Å². The van der Waals surface area contributed by atoms with Crippen molar-refractivity contribution in [2.24, 2.45) is 0 Å². The zero-order valence-corrected chi connectivity index (χ0v) is 12.1. The monoisotopic (exact) mass is 269 g/mol. The molecule has 0 unspecified atom stereocenters. The van der Waals surface area contributed by atoms with Crippen LogP contribution in [0.1, 0.15) is 12.5 Å². The molecule has 2 aromatic heterocycles. The van der Waals surface area contributed by atoms with E-state index in [1.165, 1.54) is 21.0 Å². The number of hydrogen-bond acceptors (Lipinski definition) is 3. The van der Waals surface area contributed by atoms with E-state index >= 15 is 0 Å². The molecule has 2 heterocycles. The number of rotatable bonds is 4. The first kappa shape index (κ1) is 12.3. The van der Waals surface area contributed by atoms with Crippen LogP contribution < -0.4 is 0 Å². The predicted molar refractivity (Wildman–Crippen MR) is 77.9 cm³/mol. The molecule has 1 nitrogen and oxygen atoms in total. The van der Waals surface area contributed by atoms with Gasteiger partial charge in [-0.15, -0.1) is 11.8 Å². The van der Waals surface area contributed by atoms with Crippen LogP contribution in [0.15, 0.2) is 34.3 Å². The number of hydrogen-bond donors (Lipinski definition) is 0. The number of aromatic nitrogens is 1. The second-order valence-electron chi connectivity index (χ2n) is 3.41. The van der Waals surface area contributed by atoms with Crippen molar-refractivity contribution < 1.29 is 0 Å². The average Bonchev–Trinajstić information content (AvgIpc) is 2.58. The molecule has 0 atom stereocenters. The Balaban J connectivity index is 2.58. The smallest absolute Gasteiger partial charge is 0.0942 e. The lowest BCUT2D eigenvalue weighted by molar-refractivity contribution is 1.03. The lowest BCUT2D eigenvalue weighted by atomic mass is 10.3. The van der Waals surface area contributed by atoms with Crippen LogP contribution in [-0.2, 0) is 0 Å². The van der Waals surface area contributed by atoms with Crippen LogP contribution >= 0.6 is 33.3 Å². The highest BCUT2D eigenvalue weighted by Crippen LogP contribution is 2.40. The van der Waals surface area contributed by atoms with Crippen molar-refractivity contribution in [3.05, 3.63) is 30.0 Å². The van der Waals surface area contributed by atoms with Crippen LogP contribution in [0.25, 0.3) is 5.52 Å². The minimum Gasteiger partial charge on any atom is -0.310 e. The Hall–Kier alpha value is -0.190. The van der Waals surface area contributed by atoms with Gasteiger partial charge in [0.2, 0.25) is 0 Å². The number of pyridine rings is 1. The third kappa shape index (κ3) is 2.11. The van der Waals surface area contributed by atoms with E-state index in [0.29, 0.717) is 0 Å². The number of thioether (sulfide) groups is 1. The molecule has 0 saturated carbocycles. The van der Waals surface area contributed by atoms with Crippen molar-refractivity contribution in [3.8, 4) is 0 Å². The summed E-state index contributed by atoms with van der Waals surface area (Å²) in [6.07, 6.45) is 4.30. The average molecular weight is 269 g/mol. The first-order chi connectivity index (χ1) is 7.79. The van der Waals surface area contributed by atoms with Crippen LogP contribution in [0.4, 0.5) is 0 Å². The third-order valence-electron chi connectivity index (χ3n) is 2.43. The Morgan fingerprint density at radius 2 is 2.12 bits per heavy atom. The van der Waals surface area contributed by atoms with Gasteiger partial charge in [-0.3, -0.25) is 0 Å². The zero-order chi connectivity index (χ0) is 11.5. The van der Waals surface area contributed by atoms with Gasteiger partial charge in [0.1, 0.15) is 0 Å². The highest BCUT2D eigenvalue weighted by Gasteiger charge is 2.13. The zero-order valence-electron chi connectivity index (χ0n) is 9.69. The standard InChI is InChI=1S/C12H15NS3/c1-4-15-16-12-9(2)11(14-3)10-7-5-6-8-13(10)12/h5-8H,4H2,1-3H3. The van der Waals surface area contributed by atoms with E-state index in [1.807, 2.05) is 33.3 Å². The van der Waals surface area contributed by atoms with Crippen molar-refractivity contribution in [2.75, 3.05) is 12.0 Å². The topological polar surface area (TPSA) is 4.41 Å². The van der Waals surface area contributed by atoms with Crippen LogP contribution in [0, 0.1) is 6.92 Å². The summed E-state index contributed by atoms with van der Waals surface area (Å²) in [6, 6.07) is 6.40. The second kappa shape index (κ2) is 5.43. The molecule has 2 rings (SSSR count). The Morgan fingerprint density at radius 3 is 2.81 bits per heavy atom. The van der Waals surface area contributed by atoms with E-state index in [2.05, 4.69) is 48.9 Å². The Kier molecular flexibility index (Phi) is 4.16. The summed E-state index contributed by atoms with van der Waals surface area (Å²) in [5.74, 6) is 1.14. The summed E-state index contributed by atoms with van der Waals surface area (Å²) >= 11 is 1.84. The van der Waals surface area contributed by atoms with E-state index in [0.717, 1.165) is 5.75 Å². The molecule has 0 saturated heterocycles. The first-order valence-corrected chi connectivity index (χ1v) is 8.77. The first-order valence-electron chi connectivity index (χ1n) is 5.22. The maximum Gasteiger partial charge on any atom is 0.0942 e. The van der Waals surface area contributed by atoms with E-state index in [4.69, 9.17) is 0 Å². The van der Waals surface area contributed by atoms with Crippen molar-refractivity contribution in [3.63, 3.8) is 0 Å². The fourth-order valence-electron chi connectivity index (χ4n) is 1.75. The molecule has 0 radical (unpaired) electrons. The Bertz CT molecular complexity index is 490.